The highest BCUT2D eigenvalue weighted by atomic mass is 16.2. The first-order valence-corrected chi connectivity index (χ1v) is 26.0. The van der Waals surface area contributed by atoms with E-state index in [-0.39, 0.29) is 60.3 Å². The van der Waals surface area contributed by atoms with E-state index >= 15 is 0 Å². The number of unbranched alkanes of at least 4 members (excludes halogenated alkanes) is 1. The van der Waals surface area contributed by atoms with Gasteiger partial charge in [-0.15, -0.1) is 0 Å². The lowest BCUT2D eigenvalue weighted by atomic mass is 9.85. The molecule has 18 heteroatoms. The molecule has 0 spiro atoms. The third-order valence-corrected chi connectivity index (χ3v) is 14.2. The predicted molar refractivity (Wildman–Crippen MR) is 276 cm³/mol. The van der Waals surface area contributed by atoms with Crippen molar-refractivity contribution in [1.82, 2.24) is 52.3 Å². The smallest absolute Gasteiger partial charge is 0.251 e. The van der Waals surface area contributed by atoms with E-state index in [0.29, 0.717) is 32.4 Å². The molecule has 8 unspecified atom stereocenters. The number of rotatable bonds is 20. The molecule has 2 saturated heterocycles. The van der Waals surface area contributed by atoms with Gasteiger partial charge in [0.2, 0.25) is 35.4 Å². The Morgan fingerprint density at radius 3 is 1.90 bits per heavy atom. The van der Waals surface area contributed by atoms with Crippen molar-refractivity contribution in [2.75, 3.05) is 40.3 Å². The Kier molecular flexibility index (Phi) is 20.3. The molecule has 0 radical (unpaired) electrons. The minimum absolute atomic E-state index is 0.0198. The molecule has 2 aromatic rings. The van der Waals surface area contributed by atoms with Gasteiger partial charge in [-0.2, -0.15) is 0 Å². The van der Waals surface area contributed by atoms with Crippen molar-refractivity contribution in [1.29, 1.82) is 0 Å². The molecule has 0 aromatic heterocycles. The van der Waals surface area contributed by atoms with Crippen molar-refractivity contribution >= 4 is 47.3 Å². The molecule has 2 fully saturated rings. The van der Waals surface area contributed by atoms with Crippen LogP contribution in [0.3, 0.4) is 0 Å². The van der Waals surface area contributed by atoms with Crippen LogP contribution in [0.25, 0.3) is 0 Å². The summed E-state index contributed by atoms with van der Waals surface area (Å²) in [5.74, 6) is -2.94. The number of benzene rings is 2. The molecule has 8 amide bonds. The van der Waals surface area contributed by atoms with Crippen LogP contribution < -0.4 is 42.5 Å². The fourth-order valence-electron chi connectivity index (χ4n) is 9.59. The third kappa shape index (κ3) is 15.3. The summed E-state index contributed by atoms with van der Waals surface area (Å²) in [6.07, 6.45) is 6.82. The predicted octanol–water partition coefficient (Wildman–Crippen LogP) is 3.25. The first-order chi connectivity index (χ1) is 34.0. The molecule has 2 aliphatic heterocycles. The molecule has 2 heterocycles. The number of amides is 8. The van der Waals surface area contributed by atoms with Crippen LogP contribution in [0.2, 0.25) is 0 Å². The second-order valence-corrected chi connectivity index (χ2v) is 22.0. The molecule has 72 heavy (non-hydrogen) atoms. The second kappa shape index (κ2) is 25.7. The molecule has 3 aliphatic rings. The van der Waals surface area contributed by atoms with E-state index in [4.69, 9.17) is 0 Å². The number of likely N-dealkylation sites (tertiary alicyclic amines) is 2. The Labute approximate surface area is 426 Å². The zero-order valence-corrected chi connectivity index (χ0v) is 44.3. The maximum atomic E-state index is 14.6. The van der Waals surface area contributed by atoms with Crippen LogP contribution >= 0.6 is 0 Å². The van der Waals surface area contributed by atoms with E-state index in [9.17, 15) is 38.4 Å². The number of piperidine rings is 1. The summed E-state index contributed by atoms with van der Waals surface area (Å²) in [5.41, 5.74) is 1.33. The standard InChI is InChI=1S/C54H82N10O8/c1-33(55-9)45(65)61-43(53(3,4)5)50(70)60-41(51(71)63-28-16-11-17-29-63)25-14-15-27-57-47(67)36-22-18-23-37(30-36)48(68)58-38-31-42(49(69)59-40-26-19-21-35-20-12-13-24-39(35)40)64(32-38)52(72)44(54(6,7)8)62-46(66)34(2)56-10/h12-13,18,20,22-24,30,33-34,38,40-44,55-56H,11,14-17,19,21,25-29,31-32H2,1-10H3,(H,57,67)(H,58,68)(H,59,69)(H,60,70)(H,61,65)(H,62,66). The normalized spacial score (nSPS) is 20.1. The second-order valence-electron chi connectivity index (χ2n) is 22.0. The minimum Gasteiger partial charge on any atom is -0.352 e. The molecule has 2 aromatic carbocycles. The molecule has 8 atom stereocenters. The number of nitrogens with zero attached hydrogens (tertiary/aromatic N) is 2. The van der Waals surface area contributed by atoms with Crippen LogP contribution in [0.1, 0.15) is 151 Å². The Morgan fingerprint density at radius 1 is 0.667 bits per heavy atom. The van der Waals surface area contributed by atoms with Crippen LogP contribution in [0.15, 0.2) is 48.5 Å². The first-order valence-electron chi connectivity index (χ1n) is 26.0. The summed E-state index contributed by atoms with van der Waals surface area (Å²) in [7, 11) is 3.32. The number of nitrogens with one attached hydrogen (secondary N) is 8. The lowest BCUT2D eigenvalue weighted by Crippen LogP contribution is -2.60. The average molecular weight is 999 g/mol. The lowest BCUT2D eigenvalue weighted by molar-refractivity contribution is -0.144. The van der Waals surface area contributed by atoms with Gasteiger partial charge >= 0.3 is 0 Å². The number of aryl methyl sites for hydroxylation is 1. The van der Waals surface area contributed by atoms with Gasteiger partial charge in [0.15, 0.2) is 0 Å². The third-order valence-electron chi connectivity index (χ3n) is 14.2. The number of hydrogen-bond donors (Lipinski definition) is 8. The van der Waals surface area contributed by atoms with E-state index in [1.54, 1.807) is 51.0 Å². The van der Waals surface area contributed by atoms with Gasteiger partial charge in [-0.25, -0.2) is 0 Å². The van der Waals surface area contributed by atoms with Gasteiger partial charge in [0, 0.05) is 43.3 Å². The first kappa shape index (κ1) is 57.0. The molecular formula is C54H82N10O8. The van der Waals surface area contributed by atoms with Gasteiger partial charge in [0.25, 0.3) is 11.8 Å². The van der Waals surface area contributed by atoms with E-state index in [2.05, 4.69) is 48.6 Å². The van der Waals surface area contributed by atoms with Crippen LogP contribution in [-0.4, -0.2) is 140 Å². The van der Waals surface area contributed by atoms with Gasteiger partial charge in [0.1, 0.15) is 24.2 Å². The Balaban J connectivity index is 1.23. The molecule has 5 rings (SSSR count). The zero-order chi connectivity index (χ0) is 52.9. The van der Waals surface area contributed by atoms with Crippen molar-refractivity contribution in [3.63, 3.8) is 0 Å². The van der Waals surface area contributed by atoms with Crippen LogP contribution in [0.4, 0.5) is 0 Å². The molecule has 18 nitrogen and oxygen atoms in total. The van der Waals surface area contributed by atoms with Crippen molar-refractivity contribution in [2.45, 2.75) is 168 Å². The summed E-state index contributed by atoms with van der Waals surface area (Å²) >= 11 is 0. The summed E-state index contributed by atoms with van der Waals surface area (Å²) in [6, 6.07) is 8.74. The van der Waals surface area contributed by atoms with Crippen LogP contribution in [0, 0.1) is 10.8 Å². The van der Waals surface area contributed by atoms with Crippen molar-refractivity contribution in [3.05, 3.63) is 70.8 Å². The monoisotopic (exact) mass is 999 g/mol. The number of carbonyl (C=O) groups is 8. The summed E-state index contributed by atoms with van der Waals surface area (Å²) < 4.78 is 0. The maximum Gasteiger partial charge on any atom is 0.251 e. The van der Waals surface area contributed by atoms with E-state index in [0.717, 1.165) is 44.1 Å². The van der Waals surface area contributed by atoms with Gasteiger partial charge < -0.3 is 52.3 Å². The van der Waals surface area contributed by atoms with Crippen molar-refractivity contribution in [2.24, 2.45) is 10.8 Å². The summed E-state index contributed by atoms with van der Waals surface area (Å²) in [4.78, 5) is 113. The van der Waals surface area contributed by atoms with E-state index in [1.807, 2.05) is 59.7 Å². The molecular weight excluding hydrogens is 917 g/mol. The number of fused-ring (bicyclic) bond motifs is 1. The molecule has 0 saturated carbocycles. The quantitative estimate of drug-likeness (QED) is 0.0902. The number of likely N-dealkylation sites (N-methyl/N-ethyl adjacent to an activating group) is 2. The minimum atomic E-state index is -0.973. The molecule has 396 valence electrons. The molecule has 1 aliphatic carbocycles. The highest BCUT2D eigenvalue weighted by molar-refractivity contribution is 6.00. The highest BCUT2D eigenvalue weighted by Crippen LogP contribution is 2.32. The largest absolute Gasteiger partial charge is 0.352 e. The van der Waals surface area contributed by atoms with E-state index < -0.39 is 76.8 Å². The maximum absolute atomic E-state index is 14.6. The molecule has 8 N–H and O–H groups in total. The van der Waals surface area contributed by atoms with Gasteiger partial charge in [-0.1, -0.05) is 71.9 Å². The van der Waals surface area contributed by atoms with Gasteiger partial charge in [-0.05, 0) is 132 Å². The van der Waals surface area contributed by atoms with Crippen molar-refractivity contribution < 1.29 is 38.4 Å². The topological polar surface area (TPSA) is 239 Å². The fraction of sp³-hybridized carbons (Fsp3) is 0.630. The van der Waals surface area contributed by atoms with Crippen molar-refractivity contribution in [3.8, 4) is 0 Å². The zero-order valence-electron chi connectivity index (χ0n) is 44.3. The summed E-state index contributed by atoms with van der Waals surface area (Å²) in [6.45, 7) is 16.0. The number of hydrogen-bond acceptors (Lipinski definition) is 10. The fourth-order valence-corrected chi connectivity index (χ4v) is 9.59. The number of carbonyl (C=O) groups excluding carboxylic acids is 8. The molecule has 0 bridgehead atoms. The Morgan fingerprint density at radius 2 is 1.28 bits per heavy atom. The van der Waals surface area contributed by atoms with Crippen LogP contribution in [0.5, 0.6) is 0 Å². The summed E-state index contributed by atoms with van der Waals surface area (Å²) in [5, 5.41) is 23.7. The van der Waals surface area contributed by atoms with Gasteiger partial charge in [-0.3, -0.25) is 38.4 Å². The van der Waals surface area contributed by atoms with Gasteiger partial charge in [0.05, 0.1) is 18.1 Å². The van der Waals surface area contributed by atoms with Crippen LogP contribution in [-0.2, 0) is 35.2 Å². The SMILES string of the molecule is CNC(C)C(=O)NC(C(=O)NC(CCCCNC(=O)c1cccc(C(=O)NC2CC(C(=O)NC3CCCc4ccccc43)N(C(=O)C(NC(=O)C(C)NC)C(C)(C)C)C2)c1)C(=O)N1CCCCC1)C(C)(C)C. The Bertz CT molecular complexity index is 2250. The Hall–Kier alpha value is -5.88. The lowest BCUT2D eigenvalue weighted by Gasteiger charge is -2.36. The average Bonchev–Trinajstić information content (AvgIpc) is 3.79. The van der Waals surface area contributed by atoms with E-state index in [1.165, 1.54) is 16.5 Å². The highest BCUT2D eigenvalue weighted by Gasteiger charge is 2.46.